The molecule has 1 saturated heterocycles. The van der Waals surface area contributed by atoms with E-state index >= 15 is 0 Å². The van der Waals surface area contributed by atoms with Crippen LogP contribution in [-0.4, -0.2) is 62.1 Å². The molecular weight excluding hydrogens is 615 g/mol. The molecule has 0 amide bonds. The van der Waals surface area contributed by atoms with Crippen LogP contribution in [0.25, 0.3) is 10.9 Å². The molecule has 36 heavy (non-hydrogen) atoms. The van der Waals surface area contributed by atoms with Crippen molar-refractivity contribution in [3.63, 3.8) is 0 Å². The molecular formula is C23H28BrCl3N4O4S. The molecule has 3 aromatic rings. The Morgan fingerprint density at radius 2 is 1.67 bits per heavy atom. The summed E-state index contributed by atoms with van der Waals surface area (Å²) in [6, 6.07) is 12.6. The third kappa shape index (κ3) is 7.36. The van der Waals surface area contributed by atoms with Crippen molar-refractivity contribution in [1.82, 2.24) is 9.88 Å². The number of hydrogen-bond donors (Lipinski definition) is 2. The lowest BCUT2D eigenvalue weighted by Crippen LogP contribution is -2.46. The summed E-state index contributed by atoms with van der Waals surface area (Å²) in [5, 5.41) is 10.2. The van der Waals surface area contributed by atoms with Crippen molar-refractivity contribution in [3.8, 4) is 0 Å². The highest BCUT2D eigenvalue weighted by atomic mass is 79.9. The fraction of sp³-hybridized carbons (Fsp3) is 0.304. The molecule has 0 radical (unpaired) electrons. The number of anilines is 2. The number of halogens is 4. The maximum absolute atomic E-state index is 12.7. The molecule has 0 atom stereocenters. The zero-order chi connectivity index (χ0) is 23.6. The van der Waals surface area contributed by atoms with E-state index in [9.17, 15) is 18.3 Å². The van der Waals surface area contributed by atoms with E-state index in [1.807, 2.05) is 0 Å². The number of nitrogens with one attached hydrogen (secondary N) is 1. The predicted octanol–water partition coefficient (Wildman–Crippen LogP) is 5.29. The van der Waals surface area contributed by atoms with Crippen LogP contribution < -0.4 is 9.62 Å². The summed E-state index contributed by atoms with van der Waals surface area (Å²) in [5.41, 5.74) is 0.874. The first kappa shape index (κ1) is 32.2. The summed E-state index contributed by atoms with van der Waals surface area (Å²) >= 11 is 3.29. The maximum Gasteiger partial charge on any atom is 0.336 e. The van der Waals surface area contributed by atoms with E-state index in [0.717, 1.165) is 43.6 Å². The lowest BCUT2D eigenvalue weighted by molar-refractivity contribution is 0.0699. The lowest BCUT2D eigenvalue weighted by Gasteiger charge is -2.35. The van der Waals surface area contributed by atoms with Crippen molar-refractivity contribution in [2.45, 2.75) is 18.2 Å². The number of pyridine rings is 1. The molecule has 0 unspecified atom stereocenters. The third-order valence-corrected chi connectivity index (χ3v) is 7.56. The molecule has 2 heterocycles. The zero-order valence-electron chi connectivity index (χ0n) is 19.4. The maximum atomic E-state index is 12.7. The number of piperazine rings is 1. The highest BCUT2D eigenvalue weighted by Crippen LogP contribution is 2.28. The van der Waals surface area contributed by atoms with E-state index in [-0.39, 0.29) is 53.4 Å². The molecule has 4 rings (SSSR count). The van der Waals surface area contributed by atoms with E-state index in [1.165, 1.54) is 18.2 Å². The van der Waals surface area contributed by atoms with Crippen molar-refractivity contribution in [3.05, 3.63) is 58.6 Å². The number of aromatic nitrogens is 1. The van der Waals surface area contributed by atoms with Crippen LogP contribution in [-0.2, 0) is 10.0 Å². The molecule has 0 aliphatic carbocycles. The first-order chi connectivity index (χ1) is 15.8. The van der Waals surface area contributed by atoms with E-state index in [2.05, 4.69) is 42.4 Å². The molecule has 198 valence electrons. The molecule has 1 aromatic heterocycles. The Hall–Kier alpha value is -1.82. The number of carboxylic acid groups (broad SMARTS) is 1. The number of fused-ring (bicyclic) bond motifs is 1. The van der Waals surface area contributed by atoms with Gasteiger partial charge < -0.3 is 10.0 Å². The summed E-state index contributed by atoms with van der Waals surface area (Å²) < 4.78 is 28.8. The minimum absolute atomic E-state index is 0. The van der Waals surface area contributed by atoms with Gasteiger partial charge in [0.15, 0.2) is 0 Å². The first-order valence-corrected chi connectivity index (χ1v) is 13.0. The van der Waals surface area contributed by atoms with E-state index < -0.39 is 16.0 Å². The predicted molar refractivity (Wildman–Crippen MR) is 154 cm³/mol. The van der Waals surface area contributed by atoms with Crippen LogP contribution in [0.4, 0.5) is 11.5 Å². The Morgan fingerprint density at radius 3 is 2.25 bits per heavy atom. The quantitative estimate of drug-likeness (QED) is 0.361. The van der Waals surface area contributed by atoms with Crippen LogP contribution in [0.15, 0.2) is 57.9 Å². The number of aromatic carboxylic acids is 1. The van der Waals surface area contributed by atoms with Crippen LogP contribution in [0.3, 0.4) is 0 Å². The summed E-state index contributed by atoms with van der Waals surface area (Å²) in [7, 11) is -3.82. The van der Waals surface area contributed by atoms with Gasteiger partial charge in [-0.2, -0.15) is 0 Å². The Balaban J connectivity index is 0.00000216. The van der Waals surface area contributed by atoms with Gasteiger partial charge in [0.05, 0.1) is 16.0 Å². The van der Waals surface area contributed by atoms with Gasteiger partial charge in [-0.3, -0.25) is 9.62 Å². The van der Waals surface area contributed by atoms with Crippen molar-refractivity contribution in [1.29, 1.82) is 0 Å². The standard InChI is InChI=1S/C23H25BrN4O4S.3ClH/c1-2-9-27-10-12-28(13-11-27)22-15-20(23(29)30)19-14-17(5-8-21(19)25-22)26-33(31,32)18-6-3-16(24)4-7-18;;;/h3-8,14-15,26H,2,9-13H2,1H3,(H,29,30);3*1H. The summed E-state index contributed by atoms with van der Waals surface area (Å²) in [6.45, 7) is 6.59. The molecule has 0 saturated carbocycles. The van der Waals surface area contributed by atoms with Gasteiger partial charge >= 0.3 is 5.97 Å². The number of carboxylic acids is 1. The Labute approximate surface area is 237 Å². The molecule has 13 heteroatoms. The zero-order valence-corrected chi connectivity index (χ0v) is 24.2. The van der Waals surface area contributed by atoms with Gasteiger partial charge in [0.2, 0.25) is 0 Å². The second-order valence-electron chi connectivity index (χ2n) is 7.95. The molecule has 2 N–H and O–H groups in total. The van der Waals surface area contributed by atoms with Gasteiger partial charge in [-0.1, -0.05) is 22.9 Å². The van der Waals surface area contributed by atoms with Gasteiger partial charge in [0.1, 0.15) is 5.82 Å². The molecule has 1 aliphatic rings. The van der Waals surface area contributed by atoms with Crippen molar-refractivity contribution >= 4 is 91.6 Å². The second kappa shape index (κ2) is 13.6. The van der Waals surface area contributed by atoms with Crippen molar-refractivity contribution in [2.24, 2.45) is 0 Å². The van der Waals surface area contributed by atoms with Gasteiger partial charge in [-0.05, 0) is 61.5 Å². The molecule has 1 fully saturated rings. The van der Waals surface area contributed by atoms with Gasteiger partial charge in [0, 0.05) is 41.7 Å². The van der Waals surface area contributed by atoms with Crippen LogP contribution in [0, 0.1) is 0 Å². The minimum atomic E-state index is -3.82. The average Bonchev–Trinajstić information content (AvgIpc) is 2.79. The Bertz CT molecular complexity index is 1290. The monoisotopic (exact) mass is 640 g/mol. The fourth-order valence-electron chi connectivity index (χ4n) is 3.96. The van der Waals surface area contributed by atoms with Crippen LogP contribution in [0.5, 0.6) is 0 Å². The molecule has 0 bridgehead atoms. The Kier molecular flexibility index (Phi) is 12.2. The molecule has 1 aliphatic heterocycles. The molecule has 8 nitrogen and oxygen atoms in total. The smallest absolute Gasteiger partial charge is 0.336 e. The molecule has 0 spiro atoms. The summed E-state index contributed by atoms with van der Waals surface area (Å²) in [4.78, 5) is 21.3. The van der Waals surface area contributed by atoms with Gasteiger partial charge in [0.25, 0.3) is 10.0 Å². The normalized spacial score (nSPS) is 13.8. The molecule has 2 aromatic carbocycles. The second-order valence-corrected chi connectivity index (χ2v) is 10.6. The third-order valence-electron chi connectivity index (χ3n) is 5.64. The van der Waals surface area contributed by atoms with Crippen LogP contribution in [0.2, 0.25) is 0 Å². The number of carbonyl (C=O) groups is 1. The first-order valence-electron chi connectivity index (χ1n) is 10.7. The van der Waals surface area contributed by atoms with Crippen LogP contribution in [0.1, 0.15) is 23.7 Å². The Morgan fingerprint density at radius 1 is 1.03 bits per heavy atom. The lowest BCUT2D eigenvalue weighted by atomic mass is 10.1. The summed E-state index contributed by atoms with van der Waals surface area (Å²) in [6.07, 6.45) is 1.10. The number of benzene rings is 2. The minimum Gasteiger partial charge on any atom is -0.478 e. The van der Waals surface area contributed by atoms with Gasteiger partial charge in [-0.25, -0.2) is 18.2 Å². The van der Waals surface area contributed by atoms with Crippen molar-refractivity contribution < 1.29 is 18.3 Å². The van der Waals surface area contributed by atoms with E-state index in [0.29, 0.717) is 16.7 Å². The number of hydrogen-bond acceptors (Lipinski definition) is 6. The van der Waals surface area contributed by atoms with Crippen LogP contribution >= 0.6 is 53.2 Å². The number of nitrogens with zero attached hydrogens (tertiary/aromatic N) is 3. The highest BCUT2D eigenvalue weighted by Gasteiger charge is 2.21. The number of sulfonamides is 1. The SMILES string of the molecule is CCCN1CCN(c2cc(C(=O)O)c3cc(NS(=O)(=O)c4ccc(Br)cc4)ccc3n2)CC1.Cl.Cl.Cl. The summed E-state index contributed by atoms with van der Waals surface area (Å²) in [5.74, 6) is -0.458. The van der Waals surface area contributed by atoms with Gasteiger partial charge in [-0.15, -0.1) is 37.2 Å². The highest BCUT2D eigenvalue weighted by molar-refractivity contribution is 9.10. The topological polar surface area (TPSA) is 103 Å². The largest absolute Gasteiger partial charge is 0.478 e. The van der Waals surface area contributed by atoms with E-state index in [4.69, 9.17) is 0 Å². The van der Waals surface area contributed by atoms with E-state index in [1.54, 1.807) is 30.3 Å². The van der Waals surface area contributed by atoms with Crippen molar-refractivity contribution in [2.75, 3.05) is 42.3 Å². The average molecular weight is 643 g/mol. The fourth-order valence-corrected chi connectivity index (χ4v) is 5.27. The number of rotatable bonds is 7.